The van der Waals surface area contributed by atoms with Crippen molar-refractivity contribution in [2.75, 3.05) is 7.11 Å². The molecule has 1 heterocycles. The molecule has 5 heteroatoms. The van der Waals surface area contributed by atoms with Crippen molar-refractivity contribution < 1.29 is 9.53 Å². The van der Waals surface area contributed by atoms with Crippen LogP contribution < -0.4 is 10.4 Å². The van der Waals surface area contributed by atoms with E-state index >= 15 is 0 Å². The molecule has 0 aliphatic carbocycles. The first kappa shape index (κ1) is 13.9. The van der Waals surface area contributed by atoms with Gasteiger partial charge in [-0.3, -0.25) is 4.79 Å². The number of H-pyrrole nitrogens is 2. The van der Waals surface area contributed by atoms with Crippen molar-refractivity contribution >= 4 is 22.9 Å². The molecule has 3 rings (SSSR count). The van der Waals surface area contributed by atoms with E-state index in [2.05, 4.69) is 9.97 Å². The maximum atomic E-state index is 12.2. The summed E-state index contributed by atoms with van der Waals surface area (Å²) in [6, 6.07) is 12.5. The van der Waals surface area contributed by atoms with Gasteiger partial charge in [0.2, 0.25) is 0 Å². The lowest BCUT2D eigenvalue weighted by Crippen LogP contribution is -1.99. The second-order valence-electron chi connectivity index (χ2n) is 4.78. The third kappa shape index (κ3) is 2.69. The van der Waals surface area contributed by atoms with E-state index < -0.39 is 0 Å². The number of allylic oxidation sites excluding steroid dienone is 1. The molecule has 22 heavy (non-hydrogen) atoms. The van der Waals surface area contributed by atoms with Gasteiger partial charge in [-0.05, 0) is 36.4 Å². The van der Waals surface area contributed by atoms with Crippen molar-refractivity contribution in [3.05, 3.63) is 70.2 Å². The average Bonchev–Trinajstić information content (AvgIpc) is 2.91. The lowest BCUT2D eigenvalue weighted by molar-refractivity contribution is 0.104. The van der Waals surface area contributed by atoms with Gasteiger partial charge < -0.3 is 14.7 Å². The molecule has 110 valence electrons. The predicted octanol–water partition coefficient (Wildman–Crippen LogP) is 2.76. The highest BCUT2D eigenvalue weighted by Gasteiger charge is 2.06. The number of para-hydroxylation sites is 1. The van der Waals surface area contributed by atoms with E-state index in [0.29, 0.717) is 22.3 Å². The highest BCUT2D eigenvalue weighted by molar-refractivity contribution is 6.08. The van der Waals surface area contributed by atoms with Gasteiger partial charge in [0, 0.05) is 11.1 Å². The summed E-state index contributed by atoms with van der Waals surface area (Å²) in [4.78, 5) is 28.7. The lowest BCUT2D eigenvalue weighted by Gasteiger charge is -2.03. The first-order valence-corrected chi connectivity index (χ1v) is 6.75. The van der Waals surface area contributed by atoms with Gasteiger partial charge in [-0.15, -0.1) is 0 Å². The Bertz CT molecular complexity index is 919. The van der Waals surface area contributed by atoms with E-state index in [0.717, 1.165) is 5.56 Å². The number of carbonyl (C=O) groups is 1. The van der Waals surface area contributed by atoms with Gasteiger partial charge >= 0.3 is 5.69 Å². The van der Waals surface area contributed by atoms with Crippen LogP contribution in [0.5, 0.6) is 5.75 Å². The molecular formula is C17H14N2O3. The van der Waals surface area contributed by atoms with Crippen molar-refractivity contribution in [2.24, 2.45) is 0 Å². The maximum absolute atomic E-state index is 12.2. The van der Waals surface area contributed by atoms with E-state index in [1.807, 2.05) is 24.3 Å². The first-order chi connectivity index (χ1) is 10.7. The van der Waals surface area contributed by atoms with E-state index in [9.17, 15) is 9.59 Å². The zero-order valence-corrected chi connectivity index (χ0v) is 11.9. The highest BCUT2D eigenvalue weighted by Crippen LogP contribution is 2.19. The maximum Gasteiger partial charge on any atom is 0.323 e. The highest BCUT2D eigenvalue weighted by atomic mass is 16.5. The number of imidazole rings is 1. The van der Waals surface area contributed by atoms with E-state index in [1.165, 1.54) is 6.08 Å². The van der Waals surface area contributed by atoms with Crippen molar-refractivity contribution in [1.82, 2.24) is 9.97 Å². The number of hydrogen-bond acceptors (Lipinski definition) is 3. The Morgan fingerprint density at radius 1 is 1.09 bits per heavy atom. The van der Waals surface area contributed by atoms with E-state index in [1.54, 1.807) is 31.4 Å². The summed E-state index contributed by atoms with van der Waals surface area (Å²) in [6.07, 6.45) is 3.20. The Hall–Kier alpha value is -3.08. The Kier molecular flexibility index (Phi) is 3.62. The number of methoxy groups -OCH3 is 1. The fourth-order valence-corrected chi connectivity index (χ4v) is 2.25. The summed E-state index contributed by atoms with van der Waals surface area (Å²) in [5.74, 6) is 0.562. The molecular weight excluding hydrogens is 280 g/mol. The molecule has 0 bridgehead atoms. The largest absolute Gasteiger partial charge is 0.496 e. The fourth-order valence-electron chi connectivity index (χ4n) is 2.25. The molecule has 0 aliphatic heterocycles. The standard InChI is InChI=1S/C17H14N2O3/c1-22-16-5-3-2-4-11(16)7-9-15(20)12-6-8-13-14(10-12)19-17(21)18-13/h2-10H,1H3,(H2,18,19,21). The first-order valence-electron chi connectivity index (χ1n) is 6.75. The molecule has 0 saturated carbocycles. The quantitative estimate of drug-likeness (QED) is 0.574. The van der Waals surface area contributed by atoms with Crippen LogP contribution in [0.25, 0.3) is 17.1 Å². The minimum atomic E-state index is -0.288. The van der Waals surface area contributed by atoms with Crippen LogP contribution in [0, 0.1) is 0 Å². The van der Waals surface area contributed by atoms with Gasteiger partial charge in [0.15, 0.2) is 5.78 Å². The summed E-state index contributed by atoms with van der Waals surface area (Å²) in [6.45, 7) is 0. The Balaban J connectivity index is 1.89. The molecule has 0 aliphatic rings. The summed E-state index contributed by atoms with van der Waals surface area (Å²) in [7, 11) is 1.59. The van der Waals surface area contributed by atoms with Crippen LogP contribution in [-0.2, 0) is 0 Å². The van der Waals surface area contributed by atoms with Crippen molar-refractivity contribution in [3.63, 3.8) is 0 Å². The average molecular weight is 294 g/mol. The molecule has 0 unspecified atom stereocenters. The van der Waals surface area contributed by atoms with Gasteiger partial charge in [-0.1, -0.05) is 18.2 Å². The number of hydrogen-bond donors (Lipinski definition) is 2. The molecule has 3 aromatic rings. The van der Waals surface area contributed by atoms with Crippen molar-refractivity contribution in [3.8, 4) is 5.75 Å². The van der Waals surface area contributed by atoms with Crippen LogP contribution in [0.2, 0.25) is 0 Å². The fraction of sp³-hybridized carbons (Fsp3) is 0.0588. The Morgan fingerprint density at radius 2 is 1.86 bits per heavy atom. The van der Waals surface area contributed by atoms with Gasteiger partial charge in [0.1, 0.15) is 5.75 Å². The van der Waals surface area contributed by atoms with E-state index in [4.69, 9.17) is 4.74 Å². The summed E-state index contributed by atoms with van der Waals surface area (Å²) in [5.41, 5.74) is 2.34. The Morgan fingerprint density at radius 3 is 2.68 bits per heavy atom. The zero-order valence-electron chi connectivity index (χ0n) is 11.9. The number of aromatic nitrogens is 2. The molecule has 1 aromatic heterocycles. The second kappa shape index (κ2) is 5.73. The molecule has 0 saturated heterocycles. The minimum absolute atomic E-state index is 0.144. The van der Waals surface area contributed by atoms with Gasteiger partial charge in [-0.25, -0.2) is 4.79 Å². The number of ketones is 1. The monoisotopic (exact) mass is 294 g/mol. The number of fused-ring (bicyclic) bond motifs is 1. The summed E-state index contributed by atoms with van der Waals surface area (Å²) in [5, 5.41) is 0. The third-order valence-corrected chi connectivity index (χ3v) is 3.35. The van der Waals surface area contributed by atoms with E-state index in [-0.39, 0.29) is 11.5 Å². The molecule has 0 atom stereocenters. The topological polar surface area (TPSA) is 75.0 Å². The number of nitrogens with one attached hydrogen (secondary N) is 2. The van der Waals surface area contributed by atoms with Gasteiger partial charge in [0.05, 0.1) is 18.1 Å². The molecule has 0 fully saturated rings. The molecule has 2 aromatic carbocycles. The molecule has 0 amide bonds. The number of aromatic amines is 2. The number of carbonyl (C=O) groups excluding carboxylic acids is 1. The normalized spacial score (nSPS) is 11.1. The second-order valence-corrected chi connectivity index (χ2v) is 4.78. The Labute approximate surface area is 126 Å². The summed E-state index contributed by atoms with van der Waals surface area (Å²) >= 11 is 0. The summed E-state index contributed by atoms with van der Waals surface area (Å²) < 4.78 is 5.24. The number of benzene rings is 2. The smallest absolute Gasteiger partial charge is 0.323 e. The molecule has 2 N–H and O–H groups in total. The van der Waals surface area contributed by atoms with Crippen LogP contribution in [0.4, 0.5) is 0 Å². The zero-order chi connectivity index (χ0) is 15.5. The molecule has 0 radical (unpaired) electrons. The van der Waals surface area contributed by atoms with Crippen molar-refractivity contribution in [2.45, 2.75) is 0 Å². The lowest BCUT2D eigenvalue weighted by atomic mass is 10.1. The third-order valence-electron chi connectivity index (χ3n) is 3.35. The van der Waals surface area contributed by atoms with Gasteiger partial charge in [0.25, 0.3) is 0 Å². The molecule has 0 spiro atoms. The molecule has 5 nitrogen and oxygen atoms in total. The minimum Gasteiger partial charge on any atom is -0.496 e. The van der Waals surface area contributed by atoms with Crippen LogP contribution in [-0.4, -0.2) is 22.9 Å². The number of ether oxygens (including phenoxy) is 1. The predicted molar refractivity (Wildman–Crippen MR) is 85.3 cm³/mol. The van der Waals surface area contributed by atoms with Crippen molar-refractivity contribution in [1.29, 1.82) is 0 Å². The van der Waals surface area contributed by atoms with Crippen LogP contribution in [0.3, 0.4) is 0 Å². The van der Waals surface area contributed by atoms with Crippen LogP contribution >= 0.6 is 0 Å². The van der Waals surface area contributed by atoms with Gasteiger partial charge in [-0.2, -0.15) is 0 Å². The van der Waals surface area contributed by atoms with Crippen LogP contribution in [0.15, 0.2) is 53.3 Å². The van der Waals surface area contributed by atoms with Crippen LogP contribution in [0.1, 0.15) is 15.9 Å². The number of rotatable bonds is 4. The SMILES string of the molecule is COc1ccccc1C=CC(=O)c1ccc2[nH]c(=O)[nH]c2c1.